The summed E-state index contributed by atoms with van der Waals surface area (Å²) in [5.41, 5.74) is 0.300. The molecule has 41 heavy (non-hydrogen) atoms. The molecule has 0 unspecified atom stereocenters. The van der Waals surface area contributed by atoms with Gasteiger partial charge in [0.2, 0.25) is 5.91 Å². The zero-order valence-electron chi connectivity index (χ0n) is 23.4. The van der Waals surface area contributed by atoms with Crippen LogP contribution in [-0.2, 0) is 14.3 Å². The predicted molar refractivity (Wildman–Crippen MR) is 142 cm³/mol. The number of alkyl carbamates (subject to hydrolysis) is 1. The fourth-order valence-electron chi connectivity index (χ4n) is 6.91. The molecule has 0 radical (unpaired) electrons. The number of aromatic amines is 1. The highest BCUT2D eigenvalue weighted by molar-refractivity contribution is 5.89. The molecular weight excluding hydrogens is 544 g/mol. The molecule has 2 aromatic rings. The molecule has 1 aromatic heterocycles. The van der Waals surface area contributed by atoms with Gasteiger partial charge in [-0.2, -0.15) is 13.2 Å². The monoisotopic (exact) mass is 580 g/mol. The second-order valence-corrected chi connectivity index (χ2v) is 12.4. The SMILES string of the molecule is CC(C)(C)OC(=O)N[C@H](C(=O)N1CC[C@@H]2[C@H]1[C@@H](c1c[nH]c3cc(F)ccc13)CN2C(=O)C(F)(F)F)C1CCCCC1. The van der Waals surface area contributed by atoms with Crippen LogP contribution in [0.25, 0.3) is 10.9 Å². The van der Waals surface area contributed by atoms with Gasteiger partial charge in [-0.1, -0.05) is 19.3 Å². The molecule has 0 bridgehead atoms. The Morgan fingerprint density at radius 2 is 1.76 bits per heavy atom. The number of hydrogen-bond acceptors (Lipinski definition) is 4. The number of carbonyl (C=O) groups excluding carboxylic acids is 3. The summed E-state index contributed by atoms with van der Waals surface area (Å²) in [5, 5.41) is 3.40. The fraction of sp³-hybridized carbons (Fsp3) is 0.621. The summed E-state index contributed by atoms with van der Waals surface area (Å²) in [5.74, 6) is -3.58. The second-order valence-electron chi connectivity index (χ2n) is 12.4. The maximum absolute atomic E-state index is 14.3. The molecule has 0 spiro atoms. The van der Waals surface area contributed by atoms with E-state index >= 15 is 0 Å². The van der Waals surface area contributed by atoms with Gasteiger partial charge in [-0.3, -0.25) is 9.59 Å². The van der Waals surface area contributed by atoms with Gasteiger partial charge in [-0.25, -0.2) is 9.18 Å². The molecule has 2 N–H and O–H groups in total. The highest BCUT2D eigenvalue weighted by atomic mass is 19.4. The maximum Gasteiger partial charge on any atom is 0.471 e. The molecule has 3 amide bonds. The number of amides is 3. The Labute approximate surface area is 235 Å². The van der Waals surface area contributed by atoms with E-state index in [2.05, 4.69) is 10.3 Å². The molecule has 2 aliphatic heterocycles. The highest BCUT2D eigenvalue weighted by Gasteiger charge is 2.57. The summed E-state index contributed by atoms with van der Waals surface area (Å²) in [6, 6.07) is 1.61. The van der Waals surface area contributed by atoms with E-state index in [4.69, 9.17) is 4.74 Å². The lowest BCUT2D eigenvalue weighted by Gasteiger charge is -2.36. The molecule has 2 saturated heterocycles. The van der Waals surface area contributed by atoms with E-state index in [0.717, 1.165) is 37.0 Å². The van der Waals surface area contributed by atoms with Crippen molar-refractivity contribution in [1.82, 2.24) is 20.1 Å². The van der Waals surface area contributed by atoms with Crippen molar-refractivity contribution < 1.29 is 36.7 Å². The minimum Gasteiger partial charge on any atom is -0.444 e. The predicted octanol–water partition coefficient (Wildman–Crippen LogP) is 5.24. The number of likely N-dealkylation sites (tertiary alicyclic amines) is 2. The number of halogens is 4. The lowest BCUT2D eigenvalue weighted by atomic mass is 9.83. The first-order chi connectivity index (χ1) is 19.2. The van der Waals surface area contributed by atoms with Gasteiger partial charge in [-0.15, -0.1) is 0 Å². The van der Waals surface area contributed by atoms with Crippen LogP contribution in [0.2, 0.25) is 0 Å². The minimum absolute atomic E-state index is 0.141. The highest BCUT2D eigenvalue weighted by Crippen LogP contribution is 2.45. The number of aromatic nitrogens is 1. The standard InChI is InChI=1S/C29H36F4N4O4/c1-28(2,3)41-27(40)35-23(16-7-5-4-6-8-16)25(38)36-12-11-22-24(36)20(15-37(22)26(39)29(31,32)33)19-14-34-21-13-17(30)9-10-18(19)21/h9-10,13-14,16,20,22-24,34H,4-8,11-12,15H2,1-3H3,(H,35,40)/t20-,22-,23+,24-/m1/s1. The van der Waals surface area contributed by atoms with Crippen LogP contribution >= 0.6 is 0 Å². The average Bonchev–Trinajstić information content (AvgIpc) is 3.59. The molecule has 1 saturated carbocycles. The van der Waals surface area contributed by atoms with E-state index in [1.807, 2.05) is 0 Å². The van der Waals surface area contributed by atoms with E-state index in [1.54, 1.807) is 37.9 Å². The molecule has 1 aromatic carbocycles. The number of nitrogens with one attached hydrogen (secondary N) is 2. The number of hydrogen-bond donors (Lipinski definition) is 2. The summed E-state index contributed by atoms with van der Waals surface area (Å²) in [6.45, 7) is 5.06. The molecular formula is C29H36F4N4O4. The van der Waals surface area contributed by atoms with Crippen molar-refractivity contribution in [2.24, 2.45) is 5.92 Å². The van der Waals surface area contributed by atoms with E-state index in [0.29, 0.717) is 16.5 Å². The molecule has 224 valence electrons. The van der Waals surface area contributed by atoms with Crippen LogP contribution < -0.4 is 5.32 Å². The van der Waals surface area contributed by atoms with Crippen LogP contribution in [0, 0.1) is 11.7 Å². The van der Waals surface area contributed by atoms with Crippen molar-refractivity contribution >= 4 is 28.8 Å². The van der Waals surface area contributed by atoms with Crippen LogP contribution in [0.3, 0.4) is 0 Å². The number of rotatable bonds is 4. The Morgan fingerprint density at radius 3 is 2.41 bits per heavy atom. The van der Waals surface area contributed by atoms with Crippen LogP contribution in [-0.4, -0.2) is 75.7 Å². The van der Waals surface area contributed by atoms with E-state index < -0.39 is 53.6 Å². The summed E-state index contributed by atoms with van der Waals surface area (Å²) in [7, 11) is 0. The van der Waals surface area contributed by atoms with Crippen LogP contribution in [0.4, 0.5) is 22.4 Å². The maximum atomic E-state index is 14.3. The van der Waals surface area contributed by atoms with Gasteiger partial charge in [0.05, 0.1) is 12.1 Å². The first kappa shape index (κ1) is 29.2. The Hall–Kier alpha value is -3.31. The van der Waals surface area contributed by atoms with Crippen LogP contribution in [0.15, 0.2) is 24.4 Å². The Balaban J connectivity index is 1.50. The minimum atomic E-state index is -5.07. The van der Waals surface area contributed by atoms with Crippen molar-refractivity contribution in [2.75, 3.05) is 13.1 Å². The van der Waals surface area contributed by atoms with Gasteiger partial charge in [0.25, 0.3) is 0 Å². The van der Waals surface area contributed by atoms with Crippen molar-refractivity contribution in [2.45, 2.75) is 95.1 Å². The van der Waals surface area contributed by atoms with Gasteiger partial charge in [0.1, 0.15) is 17.5 Å². The first-order valence-electron chi connectivity index (χ1n) is 14.2. The molecule has 3 heterocycles. The molecule has 3 aliphatic rings. The zero-order chi connectivity index (χ0) is 29.7. The summed E-state index contributed by atoms with van der Waals surface area (Å²) < 4.78 is 60.3. The van der Waals surface area contributed by atoms with E-state index in [-0.39, 0.29) is 31.3 Å². The van der Waals surface area contributed by atoms with Crippen LogP contribution in [0.1, 0.15) is 70.8 Å². The number of nitrogens with zero attached hydrogens (tertiary/aromatic N) is 2. The third-order valence-electron chi connectivity index (χ3n) is 8.55. The Kier molecular flexibility index (Phi) is 7.71. The number of carbonyl (C=O) groups is 3. The van der Waals surface area contributed by atoms with Crippen LogP contribution in [0.5, 0.6) is 0 Å². The third kappa shape index (κ3) is 5.88. The van der Waals surface area contributed by atoms with Gasteiger partial charge >= 0.3 is 18.2 Å². The smallest absolute Gasteiger partial charge is 0.444 e. The fourth-order valence-corrected chi connectivity index (χ4v) is 6.91. The normalized spacial score (nSPS) is 24.4. The van der Waals surface area contributed by atoms with Crippen molar-refractivity contribution in [1.29, 1.82) is 0 Å². The Bertz CT molecular complexity index is 1310. The number of H-pyrrole nitrogens is 1. The first-order valence-corrected chi connectivity index (χ1v) is 14.2. The molecule has 3 fully saturated rings. The lowest BCUT2D eigenvalue weighted by molar-refractivity contribution is -0.186. The van der Waals surface area contributed by atoms with Crippen molar-refractivity contribution in [3.63, 3.8) is 0 Å². The quantitative estimate of drug-likeness (QED) is 0.484. The second kappa shape index (κ2) is 10.8. The van der Waals surface area contributed by atoms with Gasteiger partial charge in [0, 0.05) is 36.1 Å². The topological polar surface area (TPSA) is 94.7 Å². The number of benzene rings is 1. The van der Waals surface area contributed by atoms with Gasteiger partial charge in [-0.05, 0) is 69.7 Å². The van der Waals surface area contributed by atoms with Crippen molar-refractivity contribution in [3.05, 3.63) is 35.8 Å². The Morgan fingerprint density at radius 1 is 1.05 bits per heavy atom. The van der Waals surface area contributed by atoms with Gasteiger partial charge < -0.3 is 24.8 Å². The largest absolute Gasteiger partial charge is 0.471 e. The van der Waals surface area contributed by atoms with E-state index in [1.165, 1.54) is 12.1 Å². The summed E-state index contributed by atoms with van der Waals surface area (Å²) in [6.07, 6.45) is 0.278. The zero-order valence-corrected chi connectivity index (χ0v) is 23.4. The molecule has 4 atom stereocenters. The van der Waals surface area contributed by atoms with Crippen molar-refractivity contribution in [3.8, 4) is 0 Å². The lowest BCUT2D eigenvalue weighted by Crippen LogP contribution is -2.55. The summed E-state index contributed by atoms with van der Waals surface area (Å²) >= 11 is 0. The van der Waals surface area contributed by atoms with E-state index in [9.17, 15) is 31.9 Å². The average molecular weight is 581 g/mol. The summed E-state index contributed by atoms with van der Waals surface area (Å²) in [4.78, 5) is 45.0. The molecule has 5 rings (SSSR count). The number of fused-ring (bicyclic) bond motifs is 2. The molecule has 8 nitrogen and oxygen atoms in total. The number of ether oxygens (including phenoxy) is 1. The molecule has 1 aliphatic carbocycles. The third-order valence-corrected chi connectivity index (χ3v) is 8.55. The van der Waals surface area contributed by atoms with Gasteiger partial charge in [0.15, 0.2) is 0 Å². The molecule has 12 heteroatoms. The number of alkyl halides is 3.